The molecule has 8 heteroatoms. The van der Waals surface area contributed by atoms with Gasteiger partial charge in [-0.25, -0.2) is 19.5 Å². The third-order valence-corrected chi connectivity index (χ3v) is 5.79. The van der Waals surface area contributed by atoms with E-state index in [4.69, 9.17) is 10.2 Å². The highest BCUT2D eigenvalue weighted by Crippen LogP contribution is 2.55. The van der Waals surface area contributed by atoms with Crippen molar-refractivity contribution >= 4 is 23.0 Å². The van der Waals surface area contributed by atoms with Crippen LogP contribution in [0, 0.1) is 17.2 Å². The Labute approximate surface area is 172 Å². The standard InChI is InChI=1S/C22H20N4O4/c23-13-22(11-16(22)7-4-10-26(20(27)28)21(29)30)19-12-25(14-24-19)18-9-3-6-15-5-1-2-8-17(15)18/h1-3,5-6,8-9,12,14,16H,4,7,10-11H2,(H,27,28)(H,29,30)/t16-,22+/m1/s1. The highest BCUT2D eigenvalue weighted by atomic mass is 16.4. The SMILES string of the molecule is N#C[C@@]1(c2cn(-c3cccc4ccccc34)cn2)C[C@H]1CCCN(C(=O)O)C(=O)O. The molecule has 0 unspecified atom stereocenters. The minimum Gasteiger partial charge on any atom is -0.465 e. The van der Waals surface area contributed by atoms with Gasteiger partial charge in [0.15, 0.2) is 0 Å². The second-order valence-corrected chi connectivity index (χ2v) is 7.51. The predicted molar refractivity (Wildman–Crippen MR) is 108 cm³/mol. The molecule has 0 aliphatic heterocycles. The van der Waals surface area contributed by atoms with Crippen LogP contribution in [0.3, 0.4) is 0 Å². The summed E-state index contributed by atoms with van der Waals surface area (Å²) in [6.45, 7) is -0.104. The molecular formula is C22H20N4O4. The molecule has 30 heavy (non-hydrogen) atoms. The Morgan fingerprint density at radius 2 is 1.93 bits per heavy atom. The van der Waals surface area contributed by atoms with Gasteiger partial charge in [-0.2, -0.15) is 5.26 Å². The lowest BCUT2D eigenvalue weighted by Gasteiger charge is -2.13. The summed E-state index contributed by atoms with van der Waals surface area (Å²) in [5, 5.41) is 29.9. The van der Waals surface area contributed by atoms with Crippen molar-refractivity contribution in [3.8, 4) is 11.8 Å². The Morgan fingerprint density at radius 3 is 2.67 bits per heavy atom. The van der Waals surface area contributed by atoms with Crippen molar-refractivity contribution in [2.75, 3.05) is 6.54 Å². The molecule has 1 aliphatic carbocycles. The van der Waals surface area contributed by atoms with Gasteiger partial charge in [0.1, 0.15) is 5.41 Å². The van der Waals surface area contributed by atoms with Crippen LogP contribution in [-0.4, -0.2) is 43.4 Å². The zero-order chi connectivity index (χ0) is 21.3. The molecule has 2 atom stereocenters. The van der Waals surface area contributed by atoms with Crippen LogP contribution in [0.1, 0.15) is 25.0 Å². The summed E-state index contributed by atoms with van der Waals surface area (Å²) in [7, 11) is 0. The second-order valence-electron chi connectivity index (χ2n) is 7.51. The summed E-state index contributed by atoms with van der Waals surface area (Å²) in [6, 6.07) is 16.5. The molecule has 0 saturated heterocycles. The number of carboxylic acid groups (broad SMARTS) is 2. The van der Waals surface area contributed by atoms with Crippen LogP contribution in [-0.2, 0) is 5.41 Å². The normalized spacial score (nSPS) is 19.9. The van der Waals surface area contributed by atoms with E-state index in [1.807, 2.05) is 53.2 Å². The van der Waals surface area contributed by atoms with Gasteiger partial charge < -0.3 is 14.8 Å². The lowest BCUT2D eigenvalue weighted by molar-refractivity contribution is 0.122. The molecule has 1 aromatic heterocycles. The van der Waals surface area contributed by atoms with Gasteiger partial charge in [-0.05, 0) is 36.6 Å². The summed E-state index contributed by atoms with van der Waals surface area (Å²) >= 11 is 0. The van der Waals surface area contributed by atoms with Crippen LogP contribution < -0.4 is 0 Å². The molecule has 3 aromatic rings. The molecule has 8 nitrogen and oxygen atoms in total. The monoisotopic (exact) mass is 404 g/mol. The van der Waals surface area contributed by atoms with Crippen molar-refractivity contribution in [1.29, 1.82) is 5.26 Å². The average Bonchev–Trinajstić information content (AvgIpc) is 3.23. The number of nitriles is 1. The molecule has 1 fully saturated rings. The Bertz CT molecular complexity index is 1150. The number of hydrogen-bond acceptors (Lipinski definition) is 4. The van der Waals surface area contributed by atoms with E-state index in [0.29, 0.717) is 29.9 Å². The molecule has 1 aliphatic rings. The minimum atomic E-state index is -1.49. The van der Waals surface area contributed by atoms with E-state index in [9.17, 15) is 14.9 Å². The number of amides is 2. The van der Waals surface area contributed by atoms with Gasteiger partial charge in [0.05, 0.1) is 23.8 Å². The van der Waals surface area contributed by atoms with E-state index in [0.717, 1.165) is 16.5 Å². The number of imidazole rings is 1. The maximum Gasteiger partial charge on any atom is 0.416 e. The van der Waals surface area contributed by atoms with Crippen molar-refractivity contribution in [3.05, 3.63) is 60.7 Å². The van der Waals surface area contributed by atoms with Gasteiger partial charge >= 0.3 is 12.2 Å². The van der Waals surface area contributed by atoms with Gasteiger partial charge in [0.2, 0.25) is 0 Å². The van der Waals surface area contributed by atoms with E-state index in [1.54, 1.807) is 6.33 Å². The lowest BCUT2D eigenvalue weighted by Crippen LogP contribution is -2.35. The summed E-state index contributed by atoms with van der Waals surface area (Å²) in [5.74, 6) is 0.0304. The number of carbonyl (C=O) groups is 2. The van der Waals surface area contributed by atoms with Crippen LogP contribution in [0.2, 0.25) is 0 Å². The van der Waals surface area contributed by atoms with Crippen LogP contribution in [0.25, 0.3) is 16.5 Å². The Hall–Kier alpha value is -3.86. The lowest BCUT2D eigenvalue weighted by atomic mass is 9.99. The molecule has 2 N–H and O–H groups in total. The smallest absolute Gasteiger partial charge is 0.416 e. The fraction of sp³-hybridized carbons (Fsp3) is 0.273. The number of hydrogen-bond donors (Lipinski definition) is 2. The highest BCUT2D eigenvalue weighted by Gasteiger charge is 2.57. The van der Waals surface area contributed by atoms with E-state index < -0.39 is 17.6 Å². The van der Waals surface area contributed by atoms with Crippen LogP contribution in [0.4, 0.5) is 9.59 Å². The fourth-order valence-corrected chi connectivity index (χ4v) is 4.07. The van der Waals surface area contributed by atoms with Crippen molar-refractivity contribution in [3.63, 3.8) is 0 Å². The molecule has 2 aromatic carbocycles. The molecule has 1 saturated carbocycles. The molecule has 2 amide bonds. The predicted octanol–water partition coefficient (Wildman–Crippen LogP) is 4.24. The summed E-state index contributed by atoms with van der Waals surface area (Å²) in [6.07, 6.45) is 2.18. The third-order valence-electron chi connectivity index (χ3n) is 5.79. The molecule has 0 radical (unpaired) electrons. The first-order valence-electron chi connectivity index (χ1n) is 9.63. The van der Waals surface area contributed by atoms with Gasteiger partial charge in [-0.3, -0.25) is 0 Å². The number of imide groups is 1. The van der Waals surface area contributed by atoms with Gasteiger partial charge in [0, 0.05) is 18.1 Å². The average molecular weight is 404 g/mol. The van der Waals surface area contributed by atoms with E-state index in [2.05, 4.69) is 11.1 Å². The van der Waals surface area contributed by atoms with Crippen molar-refractivity contribution < 1.29 is 19.8 Å². The van der Waals surface area contributed by atoms with Crippen LogP contribution in [0.15, 0.2) is 55.0 Å². The van der Waals surface area contributed by atoms with Gasteiger partial charge in [-0.1, -0.05) is 36.4 Å². The van der Waals surface area contributed by atoms with Crippen LogP contribution in [0.5, 0.6) is 0 Å². The fourth-order valence-electron chi connectivity index (χ4n) is 4.07. The number of rotatable bonds is 6. The number of fused-ring (bicyclic) bond motifs is 1. The zero-order valence-electron chi connectivity index (χ0n) is 16.1. The summed E-state index contributed by atoms with van der Waals surface area (Å²) < 4.78 is 1.92. The maximum absolute atomic E-state index is 10.9. The van der Waals surface area contributed by atoms with E-state index in [-0.39, 0.29) is 12.5 Å². The zero-order valence-corrected chi connectivity index (χ0v) is 16.1. The number of nitrogens with zero attached hydrogens (tertiary/aromatic N) is 4. The quantitative estimate of drug-likeness (QED) is 0.634. The largest absolute Gasteiger partial charge is 0.465 e. The number of aromatic nitrogens is 2. The molecular weight excluding hydrogens is 384 g/mol. The third kappa shape index (κ3) is 3.35. The van der Waals surface area contributed by atoms with Crippen LogP contribution >= 0.6 is 0 Å². The molecule has 152 valence electrons. The van der Waals surface area contributed by atoms with E-state index in [1.165, 1.54) is 0 Å². The topological polar surface area (TPSA) is 119 Å². The molecule has 4 rings (SSSR count). The highest BCUT2D eigenvalue weighted by molar-refractivity contribution is 5.90. The first-order chi connectivity index (χ1) is 14.5. The molecule has 0 spiro atoms. The Kier molecular flexibility index (Phi) is 4.88. The van der Waals surface area contributed by atoms with E-state index >= 15 is 0 Å². The van der Waals surface area contributed by atoms with Gasteiger partial charge in [0.25, 0.3) is 0 Å². The van der Waals surface area contributed by atoms with Crippen molar-refractivity contribution in [2.24, 2.45) is 5.92 Å². The Balaban J connectivity index is 1.50. The number of benzene rings is 2. The van der Waals surface area contributed by atoms with Gasteiger partial charge in [-0.15, -0.1) is 0 Å². The summed E-state index contributed by atoms with van der Waals surface area (Å²) in [4.78, 5) is 26.8. The van der Waals surface area contributed by atoms with Crippen molar-refractivity contribution in [1.82, 2.24) is 14.5 Å². The molecule has 0 bridgehead atoms. The first kappa shape index (κ1) is 19.5. The maximum atomic E-state index is 10.9. The Morgan fingerprint density at radius 1 is 1.20 bits per heavy atom. The second kappa shape index (κ2) is 7.52. The summed E-state index contributed by atoms with van der Waals surface area (Å²) in [5.41, 5.74) is 0.972. The minimum absolute atomic E-state index is 0.0304. The molecule has 1 heterocycles. The van der Waals surface area contributed by atoms with Crippen molar-refractivity contribution in [2.45, 2.75) is 24.7 Å². The first-order valence-corrected chi connectivity index (χ1v) is 9.63.